The first kappa shape index (κ1) is 11.8. The van der Waals surface area contributed by atoms with Gasteiger partial charge in [0, 0.05) is 5.57 Å². The molecule has 1 aromatic rings. The van der Waals surface area contributed by atoms with Crippen molar-refractivity contribution in [1.29, 1.82) is 5.26 Å². The number of hydrogen-bond donors (Lipinski definition) is 0. The average Bonchev–Trinajstić information content (AvgIpc) is 2.14. The molecule has 0 radical (unpaired) electrons. The fourth-order valence-corrected chi connectivity index (χ4v) is 2.10. The van der Waals surface area contributed by atoms with Crippen LogP contribution in [-0.2, 0) is 0 Å². The highest BCUT2D eigenvalue weighted by Gasteiger charge is 2.09. The van der Waals surface area contributed by atoms with E-state index in [1.54, 1.807) is 6.92 Å². The van der Waals surface area contributed by atoms with Crippen LogP contribution in [0, 0.1) is 32.1 Å². The Hall–Kier alpha value is -1.26. The summed E-state index contributed by atoms with van der Waals surface area (Å²) >= 11 is 6.18. The van der Waals surface area contributed by atoms with E-state index in [2.05, 4.69) is 25.1 Å². The predicted octanol–water partition coefficient (Wildman–Crippen LogP) is 4.11. The maximum atomic E-state index is 8.81. The lowest BCUT2D eigenvalue weighted by molar-refractivity contribution is 1.29. The van der Waals surface area contributed by atoms with Crippen LogP contribution < -0.4 is 0 Å². The topological polar surface area (TPSA) is 23.8 Å². The molecule has 1 aromatic carbocycles. The van der Waals surface area contributed by atoms with Crippen molar-refractivity contribution in [3.8, 4) is 6.07 Å². The molecule has 78 valence electrons. The Morgan fingerprint density at radius 2 is 1.67 bits per heavy atom. The minimum absolute atomic E-state index is 0.562. The fourth-order valence-electron chi connectivity index (χ4n) is 1.76. The number of hydrogen-bond acceptors (Lipinski definition) is 1. The van der Waals surface area contributed by atoms with Gasteiger partial charge in [-0.15, -0.1) is 0 Å². The highest BCUT2D eigenvalue weighted by atomic mass is 35.5. The highest BCUT2D eigenvalue weighted by molar-refractivity contribution is 6.49. The Morgan fingerprint density at radius 1 is 1.20 bits per heavy atom. The zero-order valence-electron chi connectivity index (χ0n) is 9.48. The normalized spacial score (nSPS) is 12.0. The first-order valence-electron chi connectivity index (χ1n) is 4.82. The van der Waals surface area contributed by atoms with Crippen molar-refractivity contribution in [2.45, 2.75) is 27.7 Å². The Bertz CT molecular complexity index is 441. The summed E-state index contributed by atoms with van der Waals surface area (Å²) in [5.74, 6) is 0. The van der Waals surface area contributed by atoms with Gasteiger partial charge in [0.25, 0.3) is 0 Å². The van der Waals surface area contributed by atoms with E-state index in [-0.39, 0.29) is 0 Å². The summed E-state index contributed by atoms with van der Waals surface area (Å²) in [4.78, 5) is 0. The third kappa shape index (κ3) is 2.40. The van der Waals surface area contributed by atoms with Gasteiger partial charge in [0.05, 0.1) is 11.1 Å². The monoisotopic (exact) mass is 219 g/mol. The molecule has 0 N–H and O–H groups in total. The molecular formula is C13H14ClN. The van der Waals surface area contributed by atoms with Crippen LogP contribution in [0.3, 0.4) is 0 Å². The zero-order chi connectivity index (χ0) is 11.6. The zero-order valence-corrected chi connectivity index (χ0v) is 10.2. The molecule has 0 aliphatic rings. The summed E-state index contributed by atoms with van der Waals surface area (Å²) in [5.41, 5.74) is 5.00. The van der Waals surface area contributed by atoms with Gasteiger partial charge in [-0.2, -0.15) is 5.26 Å². The molecular weight excluding hydrogens is 206 g/mol. The number of rotatable bonds is 1. The van der Waals surface area contributed by atoms with Crippen LogP contribution in [-0.4, -0.2) is 0 Å². The maximum Gasteiger partial charge on any atom is 0.0959 e. The lowest BCUT2D eigenvalue weighted by Crippen LogP contribution is -1.92. The lowest BCUT2D eigenvalue weighted by atomic mass is 9.98. The van der Waals surface area contributed by atoms with Crippen molar-refractivity contribution >= 4 is 16.6 Å². The Labute approximate surface area is 96.0 Å². The molecule has 0 saturated carbocycles. The van der Waals surface area contributed by atoms with E-state index in [0.717, 1.165) is 16.7 Å². The number of benzene rings is 1. The van der Waals surface area contributed by atoms with E-state index in [4.69, 9.17) is 16.9 Å². The number of nitrogens with zero attached hydrogens (tertiary/aromatic N) is 1. The first-order valence-corrected chi connectivity index (χ1v) is 5.20. The van der Waals surface area contributed by atoms with E-state index in [9.17, 15) is 0 Å². The van der Waals surface area contributed by atoms with Crippen LogP contribution in [0.4, 0.5) is 0 Å². The maximum absolute atomic E-state index is 8.81. The average molecular weight is 220 g/mol. The van der Waals surface area contributed by atoms with E-state index in [1.807, 2.05) is 13.8 Å². The van der Waals surface area contributed by atoms with Crippen molar-refractivity contribution in [2.75, 3.05) is 0 Å². The van der Waals surface area contributed by atoms with Crippen molar-refractivity contribution < 1.29 is 0 Å². The predicted molar refractivity (Wildman–Crippen MR) is 64.7 cm³/mol. The minimum Gasteiger partial charge on any atom is -0.193 e. The standard InChI is InChI=1S/C13H14ClN/c1-8-5-9(2)12(10(3)6-8)13(14)11(4)7-15/h5-6H,1-4H3. The largest absolute Gasteiger partial charge is 0.193 e. The molecule has 2 heteroatoms. The van der Waals surface area contributed by atoms with Gasteiger partial charge in [-0.25, -0.2) is 0 Å². The van der Waals surface area contributed by atoms with Crippen LogP contribution in [0.25, 0.3) is 5.03 Å². The lowest BCUT2D eigenvalue weighted by Gasteiger charge is -2.10. The molecule has 0 fully saturated rings. The summed E-state index contributed by atoms with van der Waals surface area (Å²) in [6, 6.07) is 6.24. The molecule has 0 aliphatic heterocycles. The Morgan fingerprint density at radius 3 is 2.07 bits per heavy atom. The van der Waals surface area contributed by atoms with Crippen molar-refractivity contribution in [1.82, 2.24) is 0 Å². The molecule has 0 heterocycles. The van der Waals surface area contributed by atoms with Gasteiger partial charge in [-0.3, -0.25) is 0 Å². The van der Waals surface area contributed by atoms with Gasteiger partial charge >= 0.3 is 0 Å². The second-order valence-corrected chi connectivity index (χ2v) is 4.20. The third-order valence-corrected chi connectivity index (χ3v) is 2.87. The Balaban J connectivity index is 3.47. The van der Waals surface area contributed by atoms with E-state index < -0.39 is 0 Å². The minimum atomic E-state index is 0.562. The van der Waals surface area contributed by atoms with Gasteiger partial charge in [0.15, 0.2) is 0 Å². The van der Waals surface area contributed by atoms with Gasteiger partial charge in [-0.1, -0.05) is 29.3 Å². The second kappa shape index (κ2) is 4.51. The molecule has 0 amide bonds. The molecule has 0 unspecified atom stereocenters. The molecule has 0 atom stereocenters. The number of aryl methyl sites for hydroxylation is 3. The Kier molecular flexibility index (Phi) is 3.55. The van der Waals surface area contributed by atoms with Gasteiger partial charge < -0.3 is 0 Å². The van der Waals surface area contributed by atoms with Gasteiger partial charge in [0.2, 0.25) is 0 Å². The molecule has 0 spiro atoms. The summed E-state index contributed by atoms with van der Waals surface area (Å²) in [6.07, 6.45) is 0. The number of halogens is 1. The van der Waals surface area contributed by atoms with Gasteiger partial charge in [0.1, 0.15) is 0 Å². The van der Waals surface area contributed by atoms with Gasteiger partial charge in [-0.05, 0) is 44.4 Å². The fraction of sp³-hybridized carbons (Fsp3) is 0.308. The smallest absolute Gasteiger partial charge is 0.0959 e. The molecule has 0 bridgehead atoms. The van der Waals surface area contributed by atoms with Crippen molar-refractivity contribution in [3.05, 3.63) is 40.0 Å². The molecule has 0 saturated heterocycles. The molecule has 15 heavy (non-hydrogen) atoms. The molecule has 0 aromatic heterocycles. The second-order valence-electron chi connectivity index (χ2n) is 3.82. The van der Waals surface area contributed by atoms with Crippen LogP contribution in [0.2, 0.25) is 0 Å². The van der Waals surface area contributed by atoms with Crippen molar-refractivity contribution in [3.63, 3.8) is 0 Å². The summed E-state index contributed by atoms with van der Waals surface area (Å²) in [7, 11) is 0. The van der Waals surface area contributed by atoms with Crippen LogP contribution in [0.5, 0.6) is 0 Å². The molecule has 0 aliphatic carbocycles. The molecule has 1 rings (SSSR count). The van der Waals surface area contributed by atoms with E-state index in [0.29, 0.717) is 10.6 Å². The third-order valence-electron chi connectivity index (χ3n) is 2.39. The van der Waals surface area contributed by atoms with E-state index >= 15 is 0 Å². The number of allylic oxidation sites excluding steroid dienone is 1. The van der Waals surface area contributed by atoms with Crippen LogP contribution >= 0.6 is 11.6 Å². The van der Waals surface area contributed by atoms with Crippen LogP contribution in [0.1, 0.15) is 29.2 Å². The highest BCUT2D eigenvalue weighted by Crippen LogP contribution is 2.29. The SMILES string of the molecule is CC(C#N)=C(Cl)c1c(C)cc(C)cc1C. The van der Waals surface area contributed by atoms with E-state index in [1.165, 1.54) is 5.56 Å². The quantitative estimate of drug-likeness (QED) is 0.653. The van der Waals surface area contributed by atoms with Crippen molar-refractivity contribution in [2.24, 2.45) is 0 Å². The van der Waals surface area contributed by atoms with Crippen LogP contribution in [0.15, 0.2) is 17.7 Å². The number of nitriles is 1. The summed E-state index contributed by atoms with van der Waals surface area (Å²) < 4.78 is 0. The summed E-state index contributed by atoms with van der Waals surface area (Å²) in [5, 5.41) is 9.37. The molecule has 1 nitrogen and oxygen atoms in total. The summed E-state index contributed by atoms with van der Waals surface area (Å²) in [6.45, 7) is 7.82. The first-order chi connectivity index (χ1) is 6.97.